The first-order valence-electron chi connectivity index (χ1n) is 10.7. The number of hydrogen-bond acceptors (Lipinski definition) is 7. The van der Waals surface area contributed by atoms with Gasteiger partial charge in [0.2, 0.25) is 5.65 Å². The van der Waals surface area contributed by atoms with Crippen molar-refractivity contribution in [2.24, 2.45) is 0 Å². The number of oxazole rings is 1. The van der Waals surface area contributed by atoms with E-state index in [2.05, 4.69) is 26.9 Å². The van der Waals surface area contributed by atoms with E-state index in [-0.39, 0.29) is 5.91 Å². The van der Waals surface area contributed by atoms with Gasteiger partial charge in [-0.15, -0.1) is 5.10 Å². The highest BCUT2D eigenvalue weighted by atomic mass is 35.5. The Morgan fingerprint density at radius 1 is 1.09 bits per heavy atom. The first-order valence-corrected chi connectivity index (χ1v) is 11.1. The molecule has 4 aromatic rings. The summed E-state index contributed by atoms with van der Waals surface area (Å²) in [4.78, 5) is 25.4. The predicted molar refractivity (Wildman–Crippen MR) is 126 cm³/mol. The predicted octanol–water partition coefficient (Wildman–Crippen LogP) is 3.98. The monoisotopic (exact) mass is 463 g/mol. The number of aromatic nitrogens is 5. The number of carbonyl (C=O) groups is 1. The van der Waals surface area contributed by atoms with Gasteiger partial charge in [-0.3, -0.25) is 4.79 Å². The Morgan fingerprint density at radius 3 is 2.58 bits per heavy atom. The molecular formula is C23H22ClN7O2. The van der Waals surface area contributed by atoms with E-state index in [9.17, 15) is 4.79 Å². The summed E-state index contributed by atoms with van der Waals surface area (Å²) in [5.74, 6) is -0.00442. The molecule has 0 atom stereocenters. The maximum atomic E-state index is 13.0. The molecule has 0 spiro atoms. The van der Waals surface area contributed by atoms with Crippen LogP contribution in [-0.2, 0) is 0 Å². The fraction of sp³-hybridized carbons (Fsp3) is 0.261. The van der Waals surface area contributed by atoms with Gasteiger partial charge in [0.1, 0.15) is 10.8 Å². The van der Waals surface area contributed by atoms with Gasteiger partial charge in [0.05, 0.1) is 6.20 Å². The summed E-state index contributed by atoms with van der Waals surface area (Å²) in [5, 5.41) is 8.69. The van der Waals surface area contributed by atoms with Gasteiger partial charge in [-0.25, -0.2) is 9.67 Å². The van der Waals surface area contributed by atoms with E-state index in [1.54, 1.807) is 16.8 Å². The summed E-state index contributed by atoms with van der Waals surface area (Å²) in [6.45, 7) is 8.37. The van der Waals surface area contributed by atoms with Crippen LogP contribution in [0.1, 0.15) is 23.7 Å². The average Bonchev–Trinajstić information content (AvgIpc) is 3.51. The molecule has 0 aliphatic carbocycles. The number of hydrogen-bond donors (Lipinski definition) is 0. The summed E-state index contributed by atoms with van der Waals surface area (Å²) < 4.78 is 7.47. The van der Waals surface area contributed by atoms with E-state index in [4.69, 9.17) is 16.0 Å². The highest BCUT2D eigenvalue weighted by Gasteiger charge is 2.25. The van der Waals surface area contributed by atoms with Crippen molar-refractivity contribution in [3.8, 4) is 11.3 Å². The molecule has 1 aliphatic rings. The van der Waals surface area contributed by atoms with E-state index < -0.39 is 0 Å². The Balaban J connectivity index is 1.23. The molecule has 33 heavy (non-hydrogen) atoms. The quantitative estimate of drug-likeness (QED) is 0.413. The van der Waals surface area contributed by atoms with Crippen molar-refractivity contribution in [2.45, 2.75) is 13.3 Å². The zero-order chi connectivity index (χ0) is 22.9. The summed E-state index contributed by atoms with van der Waals surface area (Å²) >= 11 is 5.93. The second kappa shape index (κ2) is 8.67. The lowest BCUT2D eigenvalue weighted by Crippen LogP contribution is -2.48. The number of nitrogens with zero attached hydrogens (tertiary/aromatic N) is 7. The van der Waals surface area contributed by atoms with Crippen molar-refractivity contribution in [3.05, 3.63) is 59.9 Å². The maximum absolute atomic E-state index is 13.0. The third kappa shape index (κ3) is 4.19. The molecule has 10 heteroatoms. The smallest absolute Gasteiger partial charge is 0.300 e. The van der Waals surface area contributed by atoms with E-state index in [0.717, 1.165) is 23.4 Å². The highest BCUT2D eigenvalue weighted by Crippen LogP contribution is 2.24. The van der Waals surface area contributed by atoms with Crippen molar-refractivity contribution < 1.29 is 9.21 Å². The molecule has 9 nitrogen and oxygen atoms in total. The van der Waals surface area contributed by atoms with Crippen LogP contribution in [0.3, 0.4) is 0 Å². The minimum absolute atomic E-state index is 0.00442. The second-order valence-corrected chi connectivity index (χ2v) is 8.16. The van der Waals surface area contributed by atoms with Gasteiger partial charge < -0.3 is 14.2 Å². The molecular weight excluding hydrogens is 442 g/mol. The number of fused-ring (bicyclic) bond motifs is 1. The Hall–Kier alpha value is -3.72. The molecule has 168 valence electrons. The molecule has 0 N–H and O–H groups in total. The van der Waals surface area contributed by atoms with Crippen LogP contribution in [0.15, 0.2) is 53.6 Å². The molecule has 3 aromatic heterocycles. The molecule has 0 radical (unpaired) electrons. The van der Waals surface area contributed by atoms with Crippen LogP contribution in [0, 0.1) is 0 Å². The van der Waals surface area contributed by atoms with E-state index in [1.165, 1.54) is 0 Å². The van der Waals surface area contributed by atoms with Crippen molar-refractivity contribution >= 4 is 40.5 Å². The largest absolute Gasteiger partial charge is 0.422 e. The van der Waals surface area contributed by atoms with Gasteiger partial charge in [-0.2, -0.15) is 4.98 Å². The zero-order valence-electron chi connectivity index (χ0n) is 18.1. The van der Waals surface area contributed by atoms with Crippen molar-refractivity contribution in [3.63, 3.8) is 0 Å². The lowest BCUT2D eigenvalue weighted by molar-refractivity contribution is 0.0745. The highest BCUT2D eigenvalue weighted by molar-refractivity contribution is 6.29. The second-order valence-electron chi connectivity index (χ2n) is 7.78. The fourth-order valence-electron chi connectivity index (χ4n) is 3.70. The number of pyridine rings is 1. The third-order valence-electron chi connectivity index (χ3n) is 5.70. The Morgan fingerprint density at radius 2 is 1.85 bits per heavy atom. The van der Waals surface area contributed by atoms with Crippen LogP contribution in [0.5, 0.6) is 0 Å². The molecule has 0 saturated carbocycles. The number of benzene rings is 1. The normalized spacial score (nSPS) is 14.1. The van der Waals surface area contributed by atoms with Crippen LogP contribution >= 0.6 is 11.6 Å². The van der Waals surface area contributed by atoms with E-state index >= 15 is 0 Å². The van der Waals surface area contributed by atoms with Crippen LogP contribution in [-0.4, -0.2) is 61.9 Å². The molecule has 1 saturated heterocycles. The Bertz CT molecular complexity index is 1320. The summed E-state index contributed by atoms with van der Waals surface area (Å²) in [6.07, 6.45) is 2.64. The SMILES string of the molecule is C=C(CC)n1cc(-c2ccc(C(=O)N3CCN(c4nc5nc(Cl)ccc5o4)CC3)cc2)nn1. The standard InChI is InChI=1S/C23H22ClN7O2/c1-3-15(2)31-14-18(27-28-31)16-4-6-17(7-5-16)22(32)29-10-12-30(13-11-29)23-26-21-19(33-23)8-9-20(24)25-21/h4-9,14H,2-3,10-13H2,1H3. The van der Waals surface area contributed by atoms with Crippen LogP contribution < -0.4 is 4.90 Å². The number of anilines is 1. The molecule has 1 fully saturated rings. The summed E-state index contributed by atoms with van der Waals surface area (Å²) in [5.41, 5.74) is 4.22. The van der Waals surface area contributed by atoms with E-state index in [0.29, 0.717) is 54.1 Å². The molecule has 5 rings (SSSR count). The molecule has 0 unspecified atom stereocenters. The van der Waals surface area contributed by atoms with Gasteiger partial charge in [0.15, 0.2) is 5.58 Å². The number of piperazine rings is 1. The van der Waals surface area contributed by atoms with Crippen molar-refractivity contribution in [1.29, 1.82) is 0 Å². The van der Waals surface area contributed by atoms with Crippen LogP contribution in [0.4, 0.5) is 6.01 Å². The number of rotatable bonds is 5. The molecule has 4 heterocycles. The van der Waals surface area contributed by atoms with Gasteiger partial charge in [0.25, 0.3) is 11.9 Å². The van der Waals surface area contributed by atoms with Crippen LogP contribution in [0.2, 0.25) is 5.15 Å². The molecule has 1 aliphatic heterocycles. The van der Waals surface area contributed by atoms with Crippen LogP contribution in [0.25, 0.3) is 28.2 Å². The summed E-state index contributed by atoms with van der Waals surface area (Å²) in [7, 11) is 0. The van der Waals surface area contributed by atoms with Gasteiger partial charge in [-0.1, -0.05) is 42.4 Å². The molecule has 0 bridgehead atoms. The fourth-order valence-corrected chi connectivity index (χ4v) is 3.84. The van der Waals surface area contributed by atoms with Crippen molar-refractivity contribution in [1.82, 2.24) is 29.9 Å². The first-order chi connectivity index (χ1) is 16.0. The topological polar surface area (TPSA) is 93.2 Å². The van der Waals surface area contributed by atoms with Gasteiger partial charge in [0, 0.05) is 43.0 Å². The third-order valence-corrected chi connectivity index (χ3v) is 5.91. The van der Waals surface area contributed by atoms with Gasteiger partial charge >= 0.3 is 0 Å². The minimum atomic E-state index is -0.00442. The lowest BCUT2D eigenvalue weighted by Gasteiger charge is -2.33. The maximum Gasteiger partial charge on any atom is 0.300 e. The minimum Gasteiger partial charge on any atom is -0.422 e. The van der Waals surface area contributed by atoms with Crippen molar-refractivity contribution in [2.75, 3.05) is 31.1 Å². The first kappa shape index (κ1) is 21.1. The molecule has 1 aromatic carbocycles. The number of allylic oxidation sites excluding steroid dienone is 1. The molecule has 1 amide bonds. The van der Waals surface area contributed by atoms with Gasteiger partial charge in [-0.05, 0) is 30.7 Å². The van der Waals surface area contributed by atoms with E-state index in [1.807, 2.05) is 47.2 Å². The summed E-state index contributed by atoms with van der Waals surface area (Å²) in [6, 6.07) is 11.4. The average molecular weight is 464 g/mol. The number of halogens is 1. The number of amides is 1. The lowest BCUT2D eigenvalue weighted by atomic mass is 10.1. The Kier molecular flexibility index (Phi) is 5.55. The zero-order valence-corrected chi connectivity index (χ0v) is 18.9. The number of carbonyl (C=O) groups excluding carboxylic acids is 1. The Labute approximate surface area is 195 Å².